The molecule has 1 aromatic heterocycles. The Bertz CT molecular complexity index is 560. The Morgan fingerprint density at radius 2 is 2.18 bits per heavy atom. The molecule has 1 aliphatic carbocycles. The van der Waals surface area contributed by atoms with Gasteiger partial charge in [-0.05, 0) is 49.3 Å². The molecule has 0 fully saturated rings. The minimum absolute atomic E-state index is 1.11. The summed E-state index contributed by atoms with van der Waals surface area (Å²) in [7, 11) is 0. The van der Waals surface area contributed by atoms with Crippen molar-refractivity contribution in [3.05, 3.63) is 41.6 Å². The largest absolute Gasteiger partial charge is 0.361 e. The third-order valence-corrected chi connectivity index (χ3v) is 3.81. The fraction of sp³-hybridized carbons (Fsp3) is 0.375. The van der Waals surface area contributed by atoms with Gasteiger partial charge in [-0.2, -0.15) is 0 Å². The molecule has 17 heavy (non-hydrogen) atoms. The van der Waals surface area contributed by atoms with Crippen LogP contribution in [0.5, 0.6) is 0 Å². The number of hydrogen-bond acceptors (Lipinski definition) is 0. The lowest BCUT2D eigenvalue weighted by Crippen LogP contribution is -1.92. The Morgan fingerprint density at radius 1 is 1.24 bits per heavy atom. The average Bonchev–Trinajstić information content (AvgIpc) is 2.83. The number of aromatic amines is 1. The van der Waals surface area contributed by atoms with Crippen LogP contribution in [0.15, 0.2) is 30.5 Å². The van der Waals surface area contributed by atoms with Crippen molar-refractivity contribution in [2.45, 2.75) is 39.0 Å². The summed E-state index contributed by atoms with van der Waals surface area (Å²) in [4.78, 5) is 3.42. The highest BCUT2D eigenvalue weighted by atomic mass is 14.7. The fourth-order valence-electron chi connectivity index (χ4n) is 2.89. The third-order valence-electron chi connectivity index (χ3n) is 3.81. The van der Waals surface area contributed by atoms with Gasteiger partial charge in [-0.3, -0.25) is 0 Å². The Hall–Kier alpha value is -1.50. The molecule has 88 valence electrons. The van der Waals surface area contributed by atoms with Gasteiger partial charge in [0.15, 0.2) is 0 Å². The first-order valence-electron chi connectivity index (χ1n) is 6.68. The lowest BCUT2D eigenvalue weighted by atomic mass is 9.92. The highest BCUT2D eigenvalue weighted by molar-refractivity contribution is 5.95. The highest BCUT2D eigenvalue weighted by Crippen LogP contribution is 2.33. The van der Waals surface area contributed by atoms with E-state index in [9.17, 15) is 0 Å². The number of hydrogen-bond donors (Lipinski definition) is 1. The van der Waals surface area contributed by atoms with Crippen LogP contribution in [-0.2, 0) is 6.42 Å². The maximum Gasteiger partial charge on any atom is 0.0463 e. The van der Waals surface area contributed by atoms with Crippen LogP contribution in [0.3, 0.4) is 0 Å². The molecule has 1 nitrogen and oxygen atoms in total. The van der Waals surface area contributed by atoms with Gasteiger partial charge in [0.25, 0.3) is 0 Å². The minimum atomic E-state index is 1.11. The lowest BCUT2D eigenvalue weighted by molar-refractivity contribution is 0.742. The number of allylic oxidation sites excluding steroid dienone is 2. The van der Waals surface area contributed by atoms with E-state index < -0.39 is 0 Å². The standard InChI is InChI=1S/C16H19N/c1-2-12-9-6-10-15-16(12)14(11-17-15)13-7-4-3-5-8-13/h6-7,9-11,17H,2-5,8H2,1H3. The smallest absolute Gasteiger partial charge is 0.0463 e. The van der Waals surface area contributed by atoms with Crippen LogP contribution >= 0.6 is 0 Å². The van der Waals surface area contributed by atoms with E-state index in [0.29, 0.717) is 0 Å². The predicted octanol–water partition coefficient (Wildman–Crippen LogP) is 4.69. The van der Waals surface area contributed by atoms with E-state index in [1.54, 1.807) is 5.57 Å². The number of aromatic nitrogens is 1. The first-order valence-corrected chi connectivity index (χ1v) is 6.68. The first kappa shape index (κ1) is 10.6. The van der Waals surface area contributed by atoms with Crippen LogP contribution in [0.25, 0.3) is 16.5 Å². The highest BCUT2D eigenvalue weighted by Gasteiger charge is 2.12. The van der Waals surface area contributed by atoms with Gasteiger partial charge in [-0.1, -0.05) is 25.1 Å². The second-order valence-electron chi connectivity index (χ2n) is 4.87. The zero-order valence-electron chi connectivity index (χ0n) is 10.4. The Kier molecular flexibility index (Phi) is 2.76. The number of benzene rings is 1. The quantitative estimate of drug-likeness (QED) is 0.763. The Morgan fingerprint density at radius 3 is 2.94 bits per heavy atom. The third kappa shape index (κ3) is 1.80. The fourth-order valence-corrected chi connectivity index (χ4v) is 2.89. The second kappa shape index (κ2) is 4.40. The van der Waals surface area contributed by atoms with E-state index in [1.165, 1.54) is 47.7 Å². The Balaban J connectivity index is 2.19. The van der Waals surface area contributed by atoms with Crippen molar-refractivity contribution in [1.29, 1.82) is 0 Å². The molecule has 1 aliphatic rings. The van der Waals surface area contributed by atoms with Crippen molar-refractivity contribution in [1.82, 2.24) is 4.98 Å². The van der Waals surface area contributed by atoms with Gasteiger partial charge < -0.3 is 4.98 Å². The molecule has 0 spiro atoms. The maximum atomic E-state index is 3.42. The monoisotopic (exact) mass is 225 g/mol. The summed E-state index contributed by atoms with van der Waals surface area (Å²) < 4.78 is 0. The number of rotatable bonds is 2. The van der Waals surface area contributed by atoms with Crippen molar-refractivity contribution >= 4 is 16.5 Å². The molecule has 2 aromatic rings. The molecule has 0 atom stereocenters. The normalized spacial score (nSPS) is 16.2. The molecular weight excluding hydrogens is 206 g/mol. The second-order valence-corrected chi connectivity index (χ2v) is 4.87. The van der Waals surface area contributed by atoms with E-state index in [4.69, 9.17) is 0 Å². The SMILES string of the molecule is CCc1cccc2[nH]cc(C3=CCCCC3)c12. The molecule has 1 N–H and O–H groups in total. The van der Waals surface area contributed by atoms with E-state index >= 15 is 0 Å². The molecule has 0 amide bonds. The summed E-state index contributed by atoms with van der Waals surface area (Å²) in [6.45, 7) is 2.24. The summed E-state index contributed by atoms with van der Waals surface area (Å²) in [5.41, 5.74) is 5.73. The van der Waals surface area contributed by atoms with Gasteiger partial charge in [-0.15, -0.1) is 0 Å². The van der Waals surface area contributed by atoms with Crippen LogP contribution in [0.1, 0.15) is 43.7 Å². The molecule has 1 aromatic carbocycles. The topological polar surface area (TPSA) is 15.8 Å². The maximum absolute atomic E-state index is 3.42. The molecule has 0 bridgehead atoms. The molecule has 0 unspecified atom stereocenters. The zero-order valence-corrected chi connectivity index (χ0v) is 10.4. The van der Waals surface area contributed by atoms with Crippen molar-refractivity contribution in [2.24, 2.45) is 0 Å². The molecule has 1 heteroatoms. The molecule has 0 saturated carbocycles. The van der Waals surface area contributed by atoms with Crippen molar-refractivity contribution in [3.8, 4) is 0 Å². The van der Waals surface area contributed by atoms with Crippen LogP contribution in [-0.4, -0.2) is 4.98 Å². The van der Waals surface area contributed by atoms with Crippen molar-refractivity contribution < 1.29 is 0 Å². The zero-order chi connectivity index (χ0) is 11.7. The van der Waals surface area contributed by atoms with Gasteiger partial charge in [0.2, 0.25) is 0 Å². The summed E-state index contributed by atoms with van der Waals surface area (Å²) in [6.07, 6.45) is 10.9. The number of H-pyrrole nitrogens is 1. The number of nitrogens with one attached hydrogen (secondary N) is 1. The van der Waals surface area contributed by atoms with Crippen LogP contribution in [0.2, 0.25) is 0 Å². The molecule has 0 aliphatic heterocycles. The van der Waals surface area contributed by atoms with Crippen LogP contribution < -0.4 is 0 Å². The van der Waals surface area contributed by atoms with Crippen LogP contribution in [0, 0.1) is 0 Å². The van der Waals surface area contributed by atoms with E-state index in [0.717, 1.165) is 6.42 Å². The van der Waals surface area contributed by atoms with E-state index in [-0.39, 0.29) is 0 Å². The van der Waals surface area contributed by atoms with E-state index in [2.05, 4.69) is 42.4 Å². The lowest BCUT2D eigenvalue weighted by Gasteiger charge is -2.13. The van der Waals surface area contributed by atoms with Gasteiger partial charge in [0.1, 0.15) is 0 Å². The minimum Gasteiger partial charge on any atom is -0.361 e. The van der Waals surface area contributed by atoms with E-state index in [1.807, 2.05) is 0 Å². The molecule has 0 saturated heterocycles. The van der Waals surface area contributed by atoms with Gasteiger partial charge in [-0.25, -0.2) is 0 Å². The van der Waals surface area contributed by atoms with Crippen molar-refractivity contribution in [2.75, 3.05) is 0 Å². The first-order chi connectivity index (χ1) is 8.40. The summed E-state index contributed by atoms with van der Waals surface area (Å²) in [5.74, 6) is 0. The van der Waals surface area contributed by atoms with Gasteiger partial charge in [0, 0.05) is 22.7 Å². The van der Waals surface area contributed by atoms with Gasteiger partial charge >= 0.3 is 0 Å². The molecule has 3 rings (SSSR count). The molecule has 0 radical (unpaired) electrons. The summed E-state index contributed by atoms with van der Waals surface area (Å²) in [5, 5.41) is 1.45. The molecule has 1 heterocycles. The van der Waals surface area contributed by atoms with Crippen LogP contribution in [0.4, 0.5) is 0 Å². The number of fused-ring (bicyclic) bond motifs is 1. The predicted molar refractivity (Wildman–Crippen MR) is 74.1 cm³/mol. The summed E-state index contributed by atoms with van der Waals surface area (Å²) >= 11 is 0. The number of aryl methyl sites for hydroxylation is 1. The summed E-state index contributed by atoms with van der Waals surface area (Å²) in [6, 6.07) is 6.58. The molecular formula is C16H19N. The van der Waals surface area contributed by atoms with Crippen molar-refractivity contribution in [3.63, 3.8) is 0 Å². The Labute approximate surface area is 103 Å². The average molecular weight is 225 g/mol. The van der Waals surface area contributed by atoms with Gasteiger partial charge in [0.05, 0.1) is 0 Å².